The average Bonchev–Trinajstić information content (AvgIpc) is 2.57. The summed E-state index contributed by atoms with van der Waals surface area (Å²) in [5.74, 6) is -0.316. The molecular weight excluding hydrogens is 295 g/mol. The number of nitrogens with two attached hydrogens (primary N) is 1. The van der Waals surface area contributed by atoms with Crippen LogP contribution in [0, 0.1) is 5.82 Å². The molecule has 0 radical (unpaired) electrons. The van der Waals surface area contributed by atoms with Crippen molar-refractivity contribution in [3.63, 3.8) is 0 Å². The number of hydrogen-bond donors (Lipinski definition) is 1. The van der Waals surface area contributed by atoms with Crippen molar-refractivity contribution in [2.24, 2.45) is 0 Å². The molecular formula is C18H15FN2S. The van der Waals surface area contributed by atoms with Gasteiger partial charge in [-0.1, -0.05) is 18.7 Å². The Labute approximate surface area is 132 Å². The molecule has 0 unspecified atom stereocenters. The molecule has 2 aromatic carbocycles. The van der Waals surface area contributed by atoms with E-state index in [2.05, 4.69) is 11.6 Å². The predicted octanol–water partition coefficient (Wildman–Crippen LogP) is 4.99. The van der Waals surface area contributed by atoms with Gasteiger partial charge in [0.25, 0.3) is 0 Å². The van der Waals surface area contributed by atoms with Gasteiger partial charge < -0.3 is 5.73 Å². The first kappa shape index (κ1) is 14.6. The number of fused-ring (bicyclic) bond motifs is 1. The number of thioether (sulfide) groups is 1. The van der Waals surface area contributed by atoms with Gasteiger partial charge in [0.1, 0.15) is 5.82 Å². The van der Waals surface area contributed by atoms with Crippen molar-refractivity contribution in [2.45, 2.75) is 4.90 Å². The summed E-state index contributed by atoms with van der Waals surface area (Å²) in [5, 5.41) is 0.439. The molecule has 110 valence electrons. The van der Waals surface area contributed by atoms with Gasteiger partial charge in [-0.05, 0) is 47.7 Å². The van der Waals surface area contributed by atoms with Crippen molar-refractivity contribution in [3.8, 4) is 11.1 Å². The summed E-state index contributed by atoms with van der Waals surface area (Å²) in [4.78, 5) is 5.27. The number of hydrogen-bond acceptors (Lipinski definition) is 3. The lowest BCUT2D eigenvalue weighted by Crippen LogP contribution is -1.97. The number of nitrogens with zero attached hydrogens (tertiary/aromatic N) is 1. The Kier molecular flexibility index (Phi) is 3.86. The van der Waals surface area contributed by atoms with Crippen LogP contribution in [0.5, 0.6) is 0 Å². The molecule has 1 aromatic heterocycles. The molecule has 0 spiro atoms. The van der Waals surface area contributed by atoms with Crippen LogP contribution in [0.4, 0.5) is 10.1 Å². The molecule has 3 rings (SSSR count). The van der Waals surface area contributed by atoms with Gasteiger partial charge in [-0.2, -0.15) is 0 Å². The zero-order valence-corrected chi connectivity index (χ0v) is 13.0. The fraction of sp³-hybridized carbons (Fsp3) is 0.0556. The minimum Gasteiger partial charge on any atom is -0.396 e. The van der Waals surface area contributed by atoms with E-state index in [4.69, 9.17) is 5.73 Å². The van der Waals surface area contributed by atoms with Crippen LogP contribution in [0.1, 0.15) is 5.56 Å². The molecule has 0 fully saturated rings. The minimum atomic E-state index is -0.316. The van der Waals surface area contributed by atoms with Crippen molar-refractivity contribution in [1.29, 1.82) is 0 Å². The van der Waals surface area contributed by atoms with Crippen molar-refractivity contribution < 1.29 is 4.39 Å². The Morgan fingerprint density at radius 2 is 2.05 bits per heavy atom. The van der Waals surface area contributed by atoms with E-state index in [-0.39, 0.29) is 5.82 Å². The fourth-order valence-electron chi connectivity index (χ4n) is 2.51. The Morgan fingerprint density at radius 1 is 1.23 bits per heavy atom. The van der Waals surface area contributed by atoms with Gasteiger partial charge in [-0.15, -0.1) is 11.8 Å². The zero-order valence-electron chi connectivity index (χ0n) is 12.1. The highest BCUT2D eigenvalue weighted by Gasteiger charge is 2.15. The van der Waals surface area contributed by atoms with Crippen LogP contribution in [0.25, 0.3) is 28.1 Å². The third-order valence-electron chi connectivity index (χ3n) is 3.63. The molecule has 0 saturated carbocycles. The van der Waals surface area contributed by atoms with Gasteiger partial charge in [-0.25, -0.2) is 4.39 Å². The second kappa shape index (κ2) is 5.81. The Morgan fingerprint density at radius 3 is 2.77 bits per heavy atom. The van der Waals surface area contributed by atoms with E-state index in [9.17, 15) is 4.39 Å². The van der Waals surface area contributed by atoms with Gasteiger partial charge >= 0.3 is 0 Å². The molecule has 4 heteroatoms. The molecule has 2 nitrogen and oxygen atoms in total. The molecule has 2 N–H and O–H groups in total. The van der Waals surface area contributed by atoms with E-state index in [0.29, 0.717) is 22.2 Å². The first-order chi connectivity index (χ1) is 10.7. The molecule has 0 aliphatic carbocycles. The molecule has 0 amide bonds. The maximum atomic E-state index is 14.4. The van der Waals surface area contributed by atoms with Gasteiger partial charge in [0.05, 0.1) is 11.2 Å². The second-order valence-electron chi connectivity index (χ2n) is 4.88. The number of nitrogen functional groups attached to an aromatic ring is 1. The number of rotatable bonds is 3. The minimum absolute atomic E-state index is 0.316. The highest BCUT2D eigenvalue weighted by molar-refractivity contribution is 7.98. The maximum absolute atomic E-state index is 14.4. The lowest BCUT2D eigenvalue weighted by Gasteiger charge is -2.13. The van der Waals surface area contributed by atoms with Crippen LogP contribution in [-0.4, -0.2) is 11.2 Å². The van der Waals surface area contributed by atoms with Crippen LogP contribution >= 0.6 is 11.8 Å². The molecule has 22 heavy (non-hydrogen) atoms. The number of benzene rings is 2. The van der Waals surface area contributed by atoms with Crippen LogP contribution in [-0.2, 0) is 0 Å². The molecule has 1 heterocycles. The Balaban J connectivity index is 2.35. The fourth-order valence-corrected chi connectivity index (χ4v) is 3.10. The van der Waals surface area contributed by atoms with Gasteiger partial charge in [0, 0.05) is 22.0 Å². The van der Waals surface area contributed by atoms with Crippen molar-refractivity contribution in [3.05, 3.63) is 60.6 Å². The first-order valence-electron chi connectivity index (χ1n) is 6.79. The predicted molar refractivity (Wildman–Crippen MR) is 93.4 cm³/mol. The van der Waals surface area contributed by atoms with Crippen molar-refractivity contribution in [1.82, 2.24) is 4.98 Å². The monoisotopic (exact) mass is 310 g/mol. The van der Waals surface area contributed by atoms with E-state index in [1.54, 1.807) is 36.2 Å². The Bertz CT molecular complexity index is 874. The van der Waals surface area contributed by atoms with Gasteiger partial charge in [0.2, 0.25) is 0 Å². The molecule has 0 atom stereocenters. The standard InChI is InChI=1S/C18H15FN2S/c1-3-11-6-7-16(22-2)13(9-11)14-10-15(19)12-5-4-8-21-18(12)17(14)20/h3-10H,1,20H2,2H3. The highest BCUT2D eigenvalue weighted by atomic mass is 32.2. The molecule has 0 bridgehead atoms. The molecule has 0 saturated heterocycles. The smallest absolute Gasteiger partial charge is 0.133 e. The van der Waals surface area contributed by atoms with E-state index in [0.717, 1.165) is 16.0 Å². The summed E-state index contributed by atoms with van der Waals surface area (Å²) >= 11 is 1.60. The number of halogens is 1. The average molecular weight is 310 g/mol. The molecule has 0 aliphatic heterocycles. The number of aromatic nitrogens is 1. The summed E-state index contributed by atoms with van der Waals surface area (Å²) in [6, 6.07) is 10.8. The summed E-state index contributed by atoms with van der Waals surface area (Å²) in [7, 11) is 0. The van der Waals surface area contributed by atoms with Gasteiger partial charge in [-0.3, -0.25) is 4.98 Å². The van der Waals surface area contributed by atoms with Crippen LogP contribution < -0.4 is 5.73 Å². The summed E-state index contributed by atoms with van der Waals surface area (Å²) in [6.07, 6.45) is 5.37. The highest BCUT2D eigenvalue weighted by Crippen LogP contribution is 2.38. The quantitative estimate of drug-likeness (QED) is 0.547. The van der Waals surface area contributed by atoms with Crippen LogP contribution in [0.15, 0.2) is 54.1 Å². The molecule has 3 aromatic rings. The second-order valence-corrected chi connectivity index (χ2v) is 5.73. The van der Waals surface area contributed by atoms with E-state index in [1.807, 2.05) is 24.5 Å². The number of anilines is 1. The van der Waals surface area contributed by atoms with E-state index >= 15 is 0 Å². The summed E-state index contributed by atoms with van der Waals surface area (Å²) in [6.45, 7) is 3.79. The lowest BCUT2D eigenvalue weighted by molar-refractivity contribution is 0.640. The maximum Gasteiger partial charge on any atom is 0.133 e. The van der Waals surface area contributed by atoms with E-state index < -0.39 is 0 Å². The zero-order chi connectivity index (χ0) is 15.7. The topological polar surface area (TPSA) is 38.9 Å². The van der Waals surface area contributed by atoms with Gasteiger partial charge in [0.15, 0.2) is 0 Å². The van der Waals surface area contributed by atoms with Crippen molar-refractivity contribution >= 4 is 34.4 Å². The lowest BCUT2D eigenvalue weighted by atomic mass is 9.99. The SMILES string of the molecule is C=Cc1ccc(SC)c(-c2cc(F)c3cccnc3c2N)c1. The largest absolute Gasteiger partial charge is 0.396 e. The van der Waals surface area contributed by atoms with Crippen molar-refractivity contribution in [2.75, 3.05) is 12.0 Å². The third-order valence-corrected chi connectivity index (χ3v) is 4.43. The normalized spacial score (nSPS) is 10.8. The Hall–Kier alpha value is -2.33. The third kappa shape index (κ3) is 2.35. The summed E-state index contributed by atoms with van der Waals surface area (Å²) < 4.78 is 14.4. The number of pyridine rings is 1. The van der Waals surface area contributed by atoms with Crippen LogP contribution in [0.3, 0.4) is 0 Å². The summed E-state index contributed by atoms with van der Waals surface area (Å²) in [5.41, 5.74) is 9.79. The van der Waals surface area contributed by atoms with E-state index in [1.165, 1.54) is 6.07 Å². The van der Waals surface area contributed by atoms with Crippen LogP contribution in [0.2, 0.25) is 0 Å². The first-order valence-corrected chi connectivity index (χ1v) is 8.01. The molecule has 0 aliphatic rings.